The number of nitrogens with zero attached hydrogens (tertiary/aromatic N) is 2. The Hall–Kier alpha value is -2.58. The first-order valence-corrected chi connectivity index (χ1v) is 11.4. The first-order valence-electron chi connectivity index (χ1n) is 9.42. The van der Waals surface area contributed by atoms with E-state index in [4.69, 9.17) is 20.5 Å². The molecular weight excluding hydrogens is 470 g/mol. The van der Waals surface area contributed by atoms with Crippen molar-refractivity contribution < 1.29 is 27.4 Å². The summed E-state index contributed by atoms with van der Waals surface area (Å²) in [6.07, 6.45) is -1.99. The number of aromatic amines is 1. The molecule has 3 atom stereocenters. The number of rotatable bonds is 8. The monoisotopic (exact) mass is 489 g/mol. The van der Waals surface area contributed by atoms with E-state index in [9.17, 15) is 33.2 Å². The van der Waals surface area contributed by atoms with Crippen molar-refractivity contribution in [1.29, 1.82) is 0 Å². The molecule has 174 valence electrons. The highest BCUT2D eigenvalue weighted by Crippen LogP contribution is 2.28. The van der Waals surface area contributed by atoms with Crippen LogP contribution in [-0.2, 0) is 25.5 Å². The highest BCUT2D eigenvalue weighted by atomic mass is 35.5. The fourth-order valence-corrected chi connectivity index (χ4v) is 4.31. The number of nitro groups is 1. The number of nitro benzene ring substituents is 1. The molecule has 0 amide bonds. The van der Waals surface area contributed by atoms with Gasteiger partial charge in [0.25, 0.3) is 21.4 Å². The number of benzene rings is 1. The molecule has 0 radical (unpaired) electrons. The van der Waals surface area contributed by atoms with Crippen LogP contribution < -0.4 is 11.2 Å². The summed E-state index contributed by atoms with van der Waals surface area (Å²) in [6.45, 7) is 0.984. The Labute approximate surface area is 186 Å². The van der Waals surface area contributed by atoms with Crippen molar-refractivity contribution in [3.8, 4) is 0 Å². The average Bonchev–Trinajstić information content (AvgIpc) is 3.08. The maximum atomic E-state index is 12.3. The number of aromatic nitrogens is 2. The van der Waals surface area contributed by atoms with Gasteiger partial charge in [-0.05, 0) is 19.4 Å². The van der Waals surface area contributed by atoms with Crippen LogP contribution >= 0.6 is 11.6 Å². The van der Waals surface area contributed by atoms with Crippen molar-refractivity contribution >= 4 is 27.4 Å². The van der Waals surface area contributed by atoms with Gasteiger partial charge in [0.1, 0.15) is 12.3 Å². The highest BCUT2D eigenvalue weighted by molar-refractivity contribution is 7.86. The maximum absolute atomic E-state index is 12.3. The lowest BCUT2D eigenvalue weighted by Crippen LogP contribution is -2.33. The van der Waals surface area contributed by atoms with E-state index in [1.807, 2.05) is 0 Å². The van der Waals surface area contributed by atoms with Gasteiger partial charge in [0.05, 0.1) is 23.4 Å². The van der Waals surface area contributed by atoms with Crippen molar-refractivity contribution in [3.05, 3.63) is 71.5 Å². The number of halogens is 1. The van der Waals surface area contributed by atoms with Gasteiger partial charge >= 0.3 is 5.69 Å². The van der Waals surface area contributed by atoms with Gasteiger partial charge in [-0.2, -0.15) is 8.42 Å². The Morgan fingerprint density at radius 2 is 2.12 bits per heavy atom. The molecule has 12 nitrogen and oxygen atoms in total. The highest BCUT2D eigenvalue weighted by Gasteiger charge is 2.36. The van der Waals surface area contributed by atoms with E-state index in [2.05, 4.69) is 4.98 Å². The van der Waals surface area contributed by atoms with Crippen LogP contribution in [0, 0.1) is 17.0 Å². The van der Waals surface area contributed by atoms with E-state index in [0.717, 1.165) is 10.6 Å². The number of aryl methyl sites for hydroxylation is 2. The third-order valence-corrected chi connectivity index (χ3v) is 6.37. The van der Waals surface area contributed by atoms with Crippen LogP contribution in [0.25, 0.3) is 0 Å². The number of nitrogens with one attached hydrogen (secondary N) is 1. The van der Waals surface area contributed by atoms with Crippen molar-refractivity contribution in [3.63, 3.8) is 0 Å². The second-order valence-electron chi connectivity index (χ2n) is 7.24. The summed E-state index contributed by atoms with van der Waals surface area (Å²) in [6, 6.07) is 3.92. The minimum absolute atomic E-state index is 0.0174. The predicted molar refractivity (Wildman–Crippen MR) is 112 cm³/mol. The number of hydrogen-bond donors (Lipinski definition) is 2. The molecule has 0 saturated carbocycles. The van der Waals surface area contributed by atoms with Crippen LogP contribution in [0.1, 0.15) is 23.8 Å². The lowest BCUT2D eigenvalue weighted by atomic mass is 10.1. The number of H-pyrrole nitrogens is 1. The van der Waals surface area contributed by atoms with Gasteiger partial charge in [-0.25, -0.2) is 4.79 Å². The summed E-state index contributed by atoms with van der Waals surface area (Å²) >= 11 is 5.75. The Morgan fingerprint density at radius 3 is 2.81 bits per heavy atom. The second-order valence-corrected chi connectivity index (χ2v) is 9.43. The molecule has 3 rings (SSSR count). The zero-order chi connectivity index (χ0) is 23.6. The SMILES string of the molecule is Cc1cn([C@H]2C[C@H](O)[C@@H](COS(=O)(=O)CCc3ccc(Cl)cc3[N+](=O)[O-])O2)c(=O)[nH]c1=O. The number of aliphatic hydroxyl groups is 1. The molecule has 2 aromatic rings. The molecule has 1 aromatic carbocycles. The van der Waals surface area contributed by atoms with E-state index in [1.165, 1.54) is 25.3 Å². The minimum atomic E-state index is -4.11. The fraction of sp³-hybridized carbons (Fsp3) is 0.444. The first-order chi connectivity index (χ1) is 15.0. The molecule has 2 heterocycles. The van der Waals surface area contributed by atoms with Crippen molar-refractivity contribution in [2.75, 3.05) is 12.4 Å². The van der Waals surface area contributed by atoms with Crippen LogP contribution in [0.15, 0.2) is 34.0 Å². The van der Waals surface area contributed by atoms with Gasteiger partial charge in [-0.1, -0.05) is 17.7 Å². The quantitative estimate of drug-likeness (QED) is 0.306. The van der Waals surface area contributed by atoms with Crippen molar-refractivity contribution in [1.82, 2.24) is 9.55 Å². The molecule has 2 N–H and O–H groups in total. The molecule has 1 saturated heterocycles. The van der Waals surface area contributed by atoms with Crippen LogP contribution in [0.2, 0.25) is 5.02 Å². The van der Waals surface area contributed by atoms with Crippen LogP contribution in [0.3, 0.4) is 0 Å². The summed E-state index contributed by atoms with van der Waals surface area (Å²) in [5.74, 6) is -0.541. The molecule has 1 aromatic heterocycles. The molecule has 0 bridgehead atoms. The number of ether oxygens (including phenoxy) is 1. The molecule has 32 heavy (non-hydrogen) atoms. The first kappa shape index (κ1) is 24.1. The van der Waals surface area contributed by atoms with Crippen LogP contribution in [0.5, 0.6) is 0 Å². The van der Waals surface area contributed by atoms with Crippen molar-refractivity contribution in [2.45, 2.75) is 38.2 Å². The molecular formula is C18H20ClN3O9S. The largest absolute Gasteiger partial charge is 0.390 e. The van der Waals surface area contributed by atoms with E-state index in [0.29, 0.717) is 0 Å². The summed E-state index contributed by atoms with van der Waals surface area (Å²) in [5, 5.41) is 21.5. The van der Waals surface area contributed by atoms with Gasteiger partial charge in [0.15, 0.2) is 0 Å². The third-order valence-electron chi connectivity index (χ3n) is 4.94. The smallest absolute Gasteiger partial charge is 0.330 e. The third kappa shape index (κ3) is 5.61. The number of aliphatic hydroxyl groups excluding tert-OH is 1. The molecule has 0 unspecified atom stereocenters. The zero-order valence-corrected chi connectivity index (χ0v) is 18.3. The fourth-order valence-electron chi connectivity index (χ4n) is 3.22. The second kappa shape index (κ2) is 9.50. The normalized spacial score (nSPS) is 21.0. The Morgan fingerprint density at radius 1 is 1.41 bits per heavy atom. The summed E-state index contributed by atoms with van der Waals surface area (Å²) in [7, 11) is -4.11. The number of hydrogen-bond acceptors (Lipinski definition) is 9. The summed E-state index contributed by atoms with van der Waals surface area (Å²) < 4.78 is 36.1. The average molecular weight is 490 g/mol. The van der Waals surface area contributed by atoms with Crippen LogP contribution in [0.4, 0.5) is 5.69 Å². The Kier molecular flexibility index (Phi) is 7.15. The van der Waals surface area contributed by atoms with Gasteiger partial charge in [0.2, 0.25) is 0 Å². The van der Waals surface area contributed by atoms with Gasteiger partial charge in [-0.15, -0.1) is 0 Å². The molecule has 1 aliphatic rings. The van der Waals surface area contributed by atoms with Gasteiger partial charge < -0.3 is 9.84 Å². The summed E-state index contributed by atoms with van der Waals surface area (Å²) in [5.41, 5.74) is -1.13. The Balaban J connectivity index is 1.62. The molecule has 0 spiro atoms. The molecule has 0 aliphatic carbocycles. The summed E-state index contributed by atoms with van der Waals surface area (Å²) in [4.78, 5) is 36.1. The lowest BCUT2D eigenvalue weighted by Gasteiger charge is -2.16. The standard InChI is InChI=1S/C18H20ClN3O9S/c1-10-8-21(18(25)20-17(10)24)16-7-14(23)15(31-16)9-30-32(28,29)5-4-11-2-3-12(19)6-13(11)22(26)27/h2-3,6,8,14-16,23H,4-5,7,9H2,1H3,(H,20,24,25)/t14-,15+,16+/m0/s1. The topological polar surface area (TPSA) is 171 Å². The van der Waals surface area contributed by atoms with E-state index in [1.54, 1.807) is 0 Å². The maximum Gasteiger partial charge on any atom is 0.330 e. The molecule has 14 heteroatoms. The van der Waals surface area contributed by atoms with Gasteiger partial charge in [-0.3, -0.25) is 28.6 Å². The zero-order valence-electron chi connectivity index (χ0n) is 16.8. The lowest BCUT2D eigenvalue weighted by molar-refractivity contribution is -0.385. The van der Waals surface area contributed by atoms with E-state index in [-0.39, 0.29) is 34.7 Å². The van der Waals surface area contributed by atoms with Crippen molar-refractivity contribution in [2.24, 2.45) is 0 Å². The Bertz CT molecular complexity index is 1240. The molecule has 1 aliphatic heterocycles. The van der Waals surface area contributed by atoms with Gasteiger partial charge in [0, 0.05) is 34.8 Å². The van der Waals surface area contributed by atoms with E-state index >= 15 is 0 Å². The minimum Gasteiger partial charge on any atom is -0.390 e. The van der Waals surface area contributed by atoms with E-state index < -0.39 is 57.1 Å². The predicted octanol–water partition coefficient (Wildman–Crippen LogP) is 0.644. The van der Waals surface area contributed by atoms with Crippen LogP contribution in [-0.4, -0.2) is 52.6 Å². The molecule has 1 fully saturated rings.